The summed E-state index contributed by atoms with van der Waals surface area (Å²) in [6.45, 7) is 1.99. The van der Waals surface area contributed by atoms with Gasteiger partial charge in [-0.1, -0.05) is 6.42 Å². The summed E-state index contributed by atoms with van der Waals surface area (Å²) >= 11 is 0. The van der Waals surface area contributed by atoms with Crippen LogP contribution < -0.4 is 10.6 Å². The van der Waals surface area contributed by atoms with Crippen molar-refractivity contribution in [1.82, 2.24) is 10.6 Å². The van der Waals surface area contributed by atoms with E-state index in [0.29, 0.717) is 5.92 Å². The molecule has 1 fully saturated rings. The summed E-state index contributed by atoms with van der Waals surface area (Å²) < 4.78 is 0. The van der Waals surface area contributed by atoms with Gasteiger partial charge in [0.2, 0.25) is 6.41 Å². The summed E-state index contributed by atoms with van der Waals surface area (Å²) in [6.07, 6.45) is 6.01. The minimum Gasteiger partial charge on any atom is -0.358 e. The molecular formula is C10H20N2O. The maximum atomic E-state index is 10.1. The van der Waals surface area contributed by atoms with Crippen molar-refractivity contribution in [2.75, 3.05) is 20.1 Å². The Morgan fingerprint density at radius 3 is 2.62 bits per heavy atom. The zero-order valence-corrected chi connectivity index (χ0v) is 8.38. The highest BCUT2D eigenvalue weighted by atomic mass is 16.1. The minimum absolute atomic E-state index is 0.706. The van der Waals surface area contributed by atoms with Crippen molar-refractivity contribution in [2.45, 2.75) is 25.7 Å². The van der Waals surface area contributed by atoms with Gasteiger partial charge in [-0.15, -0.1) is 0 Å². The lowest BCUT2D eigenvalue weighted by molar-refractivity contribution is -0.109. The molecule has 1 aliphatic rings. The molecule has 2 unspecified atom stereocenters. The molecule has 0 bridgehead atoms. The number of amides is 1. The molecule has 1 saturated carbocycles. The molecule has 13 heavy (non-hydrogen) atoms. The highest BCUT2D eigenvalue weighted by Gasteiger charge is 2.20. The molecule has 1 aliphatic carbocycles. The molecule has 3 nitrogen and oxygen atoms in total. The third kappa shape index (κ3) is 3.77. The molecule has 0 heterocycles. The van der Waals surface area contributed by atoms with E-state index < -0.39 is 0 Å². The first-order valence-corrected chi connectivity index (χ1v) is 5.18. The first-order chi connectivity index (χ1) is 6.36. The van der Waals surface area contributed by atoms with Gasteiger partial charge < -0.3 is 10.6 Å². The van der Waals surface area contributed by atoms with Crippen LogP contribution in [0.15, 0.2) is 0 Å². The van der Waals surface area contributed by atoms with Gasteiger partial charge >= 0.3 is 0 Å². The van der Waals surface area contributed by atoms with Crippen LogP contribution in [0.1, 0.15) is 25.7 Å². The molecular weight excluding hydrogens is 164 g/mol. The molecule has 2 N–H and O–H groups in total. The molecule has 0 aromatic heterocycles. The Morgan fingerprint density at radius 2 is 2.00 bits per heavy atom. The van der Waals surface area contributed by atoms with E-state index in [-0.39, 0.29) is 0 Å². The molecule has 76 valence electrons. The van der Waals surface area contributed by atoms with Gasteiger partial charge in [-0.3, -0.25) is 4.79 Å². The second kappa shape index (κ2) is 5.97. The van der Waals surface area contributed by atoms with Gasteiger partial charge in [-0.05, 0) is 44.7 Å². The fourth-order valence-electron chi connectivity index (χ4n) is 2.28. The number of nitrogens with one attached hydrogen (secondary N) is 2. The SMILES string of the molecule is CNCC1CCCC(CNC=O)C1. The van der Waals surface area contributed by atoms with Crippen LogP contribution in [0, 0.1) is 11.8 Å². The quantitative estimate of drug-likeness (QED) is 0.619. The highest BCUT2D eigenvalue weighted by molar-refractivity contribution is 5.45. The van der Waals surface area contributed by atoms with E-state index in [2.05, 4.69) is 10.6 Å². The smallest absolute Gasteiger partial charge is 0.207 e. The molecule has 3 heteroatoms. The Balaban J connectivity index is 2.20. The van der Waals surface area contributed by atoms with Crippen molar-refractivity contribution in [3.05, 3.63) is 0 Å². The Morgan fingerprint density at radius 1 is 1.31 bits per heavy atom. The monoisotopic (exact) mass is 184 g/mol. The van der Waals surface area contributed by atoms with Gasteiger partial charge in [0.15, 0.2) is 0 Å². The summed E-state index contributed by atoms with van der Waals surface area (Å²) in [5.41, 5.74) is 0. The highest BCUT2D eigenvalue weighted by Crippen LogP contribution is 2.27. The summed E-state index contributed by atoms with van der Waals surface area (Å²) in [7, 11) is 2.01. The average molecular weight is 184 g/mol. The lowest BCUT2D eigenvalue weighted by Gasteiger charge is -2.28. The maximum Gasteiger partial charge on any atom is 0.207 e. The Bertz CT molecular complexity index is 148. The third-order valence-electron chi connectivity index (χ3n) is 2.87. The Hall–Kier alpha value is -0.570. The second-order valence-electron chi connectivity index (χ2n) is 3.98. The first-order valence-electron chi connectivity index (χ1n) is 5.18. The van der Waals surface area contributed by atoms with E-state index in [1.165, 1.54) is 25.7 Å². The van der Waals surface area contributed by atoms with Crippen LogP contribution in [0.3, 0.4) is 0 Å². The summed E-state index contributed by atoms with van der Waals surface area (Å²) in [6, 6.07) is 0. The van der Waals surface area contributed by atoms with Crippen LogP contribution in [0.25, 0.3) is 0 Å². The second-order valence-corrected chi connectivity index (χ2v) is 3.98. The van der Waals surface area contributed by atoms with Gasteiger partial charge in [0.05, 0.1) is 0 Å². The van der Waals surface area contributed by atoms with E-state index in [1.807, 2.05) is 7.05 Å². The summed E-state index contributed by atoms with van der Waals surface area (Å²) in [5, 5.41) is 6.00. The standard InChI is InChI=1S/C10H20N2O/c1-11-6-9-3-2-4-10(5-9)7-12-8-13/h8-11H,2-7H2,1H3,(H,12,13). The van der Waals surface area contributed by atoms with Crippen molar-refractivity contribution in [1.29, 1.82) is 0 Å². The number of carbonyl (C=O) groups is 1. The Kier molecular flexibility index (Phi) is 4.83. The van der Waals surface area contributed by atoms with E-state index in [4.69, 9.17) is 0 Å². The van der Waals surface area contributed by atoms with Crippen molar-refractivity contribution >= 4 is 6.41 Å². The van der Waals surface area contributed by atoms with Gasteiger partial charge in [-0.25, -0.2) is 0 Å². The first kappa shape index (κ1) is 10.5. The van der Waals surface area contributed by atoms with E-state index in [0.717, 1.165) is 25.4 Å². The minimum atomic E-state index is 0.706. The van der Waals surface area contributed by atoms with Crippen molar-refractivity contribution < 1.29 is 4.79 Å². The topological polar surface area (TPSA) is 41.1 Å². The van der Waals surface area contributed by atoms with E-state index in [9.17, 15) is 4.79 Å². The molecule has 0 aromatic rings. The number of rotatable bonds is 5. The van der Waals surface area contributed by atoms with Crippen LogP contribution in [0.2, 0.25) is 0 Å². The maximum absolute atomic E-state index is 10.1. The van der Waals surface area contributed by atoms with Crippen LogP contribution in [0.4, 0.5) is 0 Å². The zero-order valence-electron chi connectivity index (χ0n) is 8.38. The normalized spacial score (nSPS) is 28.4. The fraction of sp³-hybridized carbons (Fsp3) is 0.900. The van der Waals surface area contributed by atoms with Crippen LogP contribution in [0.5, 0.6) is 0 Å². The molecule has 1 rings (SSSR count). The third-order valence-corrected chi connectivity index (χ3v) is 2.87. The molecule has 0 saturated heterocycles. The van der Waals surface area contributed by atoms with Gasteiger partial charge in [0.1, 0.15) is 0 Å². The average Bonchev–Trinajstić information content (AvgIpc) is 2.16. The van der Waals surface area contributed by atoms with Crippen molar-refractivity contribution in [3.8, 4) is 0 Å². The number of carbonyl (C=O) groups excluding carboxylic acids is 1. The van der Waals surface area contributed by atoms with Gasteiger partial charge in [0.25, 0.3) is 0 Å². The molecule has 0 aromatic carbocycles. The van der Waals surface area contributed by atoms with Crippen LogP contribution >= 0.6 is 0 Å². The van der Waals surface area contributed by atoms with E-state index in [1.54, 1.807) is 0 Å². The fourth-order valence-corrected chi connectivity index (χ4v) is 2.28. The molecule has 0 spiro atoms. The van der Waals surface area contributed by atoms with Crippen molar-refractivity contribution in [2.24, 2.45) is 11.8 Å². The van der Waals surface area contributed by atoms with Gasteiger partial charge in [-0.2, -0.15) is 0 Å². The van der Waals surface area contributed by atoms with Crippen molar-refractivity contribution in [3.63, 3.8) is 0 Å². The van der Waals surface area contributed by atoms with Crippen LogP contribution in [-0.4, -0.2) is 26.5 Å². The summed E-state index contributed by atoms with van der Waals surface area (Å²) in [5.74, 6) is 1.52. The lowest BCUT2D eigenvalue weighted by Crippen LogP contribution is -2.30. The number of hydrogen-bond acceptors (Lipinski definition) is 2. The van der Waals surface area contributed by atoms with E-state index >= 15 is 0 Å². The molecule has 0 aliphatic heterocycles. The largest absolute Gasteiger partial charge is 0.358 e. The predicted octanol–water partition coefficient (Wildman–Crippen LogP) is 0.758. The molecule has 2 atom stereocenters. The molecule has 1 amide bonds. The van der Waals surface area contributed by atoms with Crippen LogP contribution in [-0.2, 0) is 4.79 Å². The Labute approximate surface area is 80.3 Å². The zero-order chi connectivity index (χ0) is 9.52. The van der Waals surface area contributed by atoms with Gasteiger partial charge in [0, 0.05) is 6.54 Å². The predicted molar refractivity (Wildman–Crippen MR) is 53.4 cm³/mol. The lowest BCUT2D eigenvalue weighted by atomic mass is 9.81. The number of hydrogen-bond donors (Lipinski definition) is 2. The molecule has 0 radical (unpaired) electrons. The summed E-state index contributed by atoms with van der Waals surface area (Å²) in [4.78, 5) is 10.1.